The predicted molar refractivity (Wildman–Crippen MR) is 310 cm³/mol. The van der Waals surface area contributed by atoms with Gasteiger partial charge in [-0.1, -0.05) is 167 Å². The summed E-state index contributed by atoms with van der Waals surface area (Å²) in [6.45, 7) is 25.6. The third-order valence-corrected chi connectivity index (χ3v) is 16.9. The van der Waals surface area contributed by atoms with Gasteiger partial charge in [-0.05, 0) is 187 Å². The fraction of sp³-hybridized carbons (Fsp3) is 0.294. The first-order chi connectivity index (χ1) is 35.3. The predicted octanol–water partition coefficient (Wildman–Crippen LogP) is 16.7. The first kappa shape index (κ1) is 42.9. The van der Waals surface area contributed by atoms with E-state index in [1.54, 1.807) is 0 Å². The van der Waals surface area contributed by atoms with Crippen molar-refractivity contribution in [3.63, 3.8) is 0 Å². The van der Waals surface area contributed by atoms with E-state index in [9.17, 15) is 4.11 Å². The number of anilines is 9. The van der Waals surface area contributed by atoms with Crippen molar-refractivity contribution in [2.24, 2.45) is 0 Å². The molecule has 4 aliphatic rings. The van der Waals surface area contributed by atoms with Crippen molar-refractivity contribution in [2.45, 2.75) is 130 Å². The minimum Gasteiger partial charge on any atom is -0.311 e. The molecule has 0 amide bonds. The molecule has 8 aromatic carbocycles. The van der Waals surface area contributed by atoms with Crippen LogP contribution in [-0.2, 0) is 27.1 Å². The Balaban J connectivity index is 1.23. The average molecular weight is 943 g/mol. The van der Waals surface area contributed by atoms with Crippen molar-refractivity contribution >= 4 is 74.3 Å². The van der Waals surface area contributed by atoms with Crippen molar-refractivity contribution in [2.75, 3.05) is 14.7 Å². The van der Waals surface area contributed by atoms with Gasteiger partial charge in [-0.3, -0.25) is 0 Å². The van der Waals surface area contributed by atoms with E-state index in [0.717, 1.165) is 86.2 Å². The van der Waals surface area contributed by atoms with E-state index < -0.39 is 6.85 Å². The minimum absolute atomic E-state index is 0.00177. The van der Waals surface area contributed by atoms with E-state index >= 15 is 0 Å². The van der Waals surface area contributed by atoms with Crippen LogP contribution < -0.4 is 31.1 Å². The summed E-state index contributed by atoms with van der Waals surface area (Å²) in [6.07, 6.45) is 2.06. The maximum absolute atomic E-state index is 9.34. The number of benzene rings is 8. The molecule has 0 fully saturated rings. The summed E-state index contributed by atoms with van der Waals surface area (Å²) in [5, 5.41) is 0. The molecule has 0 radical (unpaired) electrons. The van der Waals surface area contributed by atoms with Gasteiger partial charge in [0.05, 0.1) is 5.69 Å². The first-order valence-corrected chi connectivity index (χ1v) is 26.2. The third-order valence-electron chi connectivity index (χ3n) is 16.9. The molecule has 0 saturated heterocycles. The van der Waals surface area contributed by atoms with Gasteiger partial charge < -0.3 is 14.7 Å². The van der Waals surface area contributed by atoms with Crippen molar-refractivity contribution in [3.8, 4) is 11.1 Å². The van der Waals surface area contributed by atoms with E-state index in [1.807, 2.05) is 12.1 Å². The summed E-state index contributed by atoms with van der Waals surface area (Å²) in [5.41, 5.74) is 22.8. The Bertz CT molecular complexity index is 3570. The molecule has 0 bridgehead atoms. The summed E-state index contributed by atoms with van der Waals surface area (Å²) in [7, 11) is 0. The number of aryl methyl sites for hydroxylation is 2. The van der Waals surface area contributed by atoms with Crippen LogP contribution in [0.4, 0.5) is 51.2 Å². The second-order valence-electron chi connectivity index (χ2n) is 25.2. The third kappa shape index (κ3) is 7.14. The Morgan fingerprint density at radius 2 is 0.972 bits per heavy atom. The molecule has 0 unspecified atom stereocenters. The largest absolute Gasteiger partial charge is 0.311 e. The number of hydrogen-bond donors (Lipinski definition) is 0. The Hall–Kier alpha value is -6.78. The zero-order chi connectivity index (χ0) is 52.9. The van der Waals surface area contributed by atoms with Gasteiger partial charge >= 0.3 is 0 Å². The average Bonchev–Trinajstić information content (AvgIpc) is 3.71. The van der Waals surface area contributed by atoms with Crippen LogP contribution in [0.1, 0.15) is 132 Å². The summed E-state index contributed by atoms with van der Waals surface area (Å²) in [4.78, 5) is 7.26. The van der Waals surface area contributed by atoms with E-state index in [0.29, 0.717) is 5.56 Å². The van der Waals surface area contributed by atoms with E-state index in [4.69, 9.17) is 0 Å². The summed E-state index contributed by atoms with van der Waals surface area (Å²) in [6, 6.07) is 60.1. The van der Waals surface area contributed by atoms with Gasteiger partial charge in [-0.15, -0.1) is 0 Å². The molecule has 2 aliphatic heterocycles. The summed E-state index contributed by atoms with van der Waals surface area (Å²) >= 11 is 0. The Labute approximate surface area is 434 Å². The molecular weight excluding hydrogens is 870 g/mol. The van der Waals surface area contributed by atoms with E-state index in [1.165, 1.54) is 38.7 Å². The van der Waals surface area contributed by atoms with Gasteiger partial charge in [0, 0.05) is 55.2 Å². The van der Waals surface area contributed by atoms with E-state index in [2.05, 4.69) is 249 Å². The van der Waals surface area contributed by atoms with Crippen molar-refractivity contribution in [1.82, 2.24) is 0 Å². The highest BCUT2D eigenvalue weighted by Gasteiger charge is 2.49. The Kier molecular flexibility index (Phi) is 9.44. The van der Waals surface area contributed by atoms with Gasteiger partial charge in [-0.25, -0.2) is 0 Å². The fourth-order valence-corrected chi connectivity index (χ4v) is 14.1. The molecule has 360 valence electrons. The van der Waals surface area contributed by atoms with E-state index in [-0.39, 0.29) is 33.8 Å². The van der Waals surface area contributed by atoms with Gasteiger partial charge in [0.15, 0.2) is 0 Å². The van der Waals surface area contributed by atoms with Crippen LogP contribution in [-0.4, -0.2) is 6.71 Å². The van der Waals surface area contributed by atoms with Crippen LogP contribution in [0.2, 0.25) is 0 Å². The van der Waals surface area contributed by atoms with Gasteiger partial charge in [0.25, 0.3) is 6.71 Å². The number of para-hydroxylation sites is 2. The second kappa shape index (κ2) is 15.9. The number of fused-ring (bicyclic) bond motifs is 6. The maximum atomic E-state index is 9.34. The van der Waals surface area contributed by atoms with Crippen LogP contribution >= 0.6 is 0 Å². The molecule has 8 aromatic rings. The zero-order valence-corrected chi connectivity index (χ0v) is 44.4. The summed E-state index contributed by atoms with van der Waals surface area (Å²) < 4.78 is 28.0. The highest BCUT2D eigenvalue weighted by Crippen LogP contribution is 2.56. The highest BCUT2D eigenvalue weighted by atomic mass is 15.2. The molecule has 0 N–H and O–H groups in total. The quantitative estimate of drug-likeness (QED) is 0.154. The molecule has 72 heavy (non-hydrogen) atoms. The van der Waals surface area contributed by atoms with Gasteiger partial charge in [0.2, 0.25) is 0 Å². The molecule has 0 aromatic heterocycles. The Morgan fingerprint density at radius 3 is 1.53 bits per heavy atom. The van der Waals surface area contributed by atoms with Crippen molar-refractivity contribution in [3.05, 3.63) is 203 Å². The van der Waals surface area contributed by atoms with Crippen molar-refractivity contribution < 1.29 is 4.11 Å². The van der Waals surface area contributed by atoms with Crippen molar-refractivity contribution in [1.29, 1.82) is 0 Å². The van der Waals surface area contributed by atoms with Gasteiger partial charge in [-0.2, -0.15) is 0 Å². The molecule has 0 atom stereocenters. The fourth-order valence-electron chi connectivity index (χ4n) is 14.1. The molecule has 3 nitrogen and oxygen atoms in total. The lowest BCUT2D eigenvalue weighted by Crippen LogP contribution is -2.61. The zero-order valence-electron chi connectivity index (χ0n) is 47.4. The smallest absolute Gasteiger partial charge is 0.252 e. The number of rotatable bonds is 6. The van der Waals surface area contributed by atoms with Crippen LogP contribution in [0.5, 0.6) is 0 Å². The second-order valence-corrected chi connectivity index (χ2v) is 25.2. The SMILES string of the molecule is [2H]C([2H])([2H])c1cc2c3c(c1)N(c1ccc(C(C)(C)C)cc1-c1ccccc1)c1cc4c(cc1B3c1ccc(N(c3ccccc3)c3ccccc3)cc1N2c1cc2c(cc1C)C(C)(C)CC2(C)C)C(C)(C)CC4(C)C. The molecule has 0 saturated carbocycles. The minimum atomic E-state index is -2.42. The Morgan fingerprint density at radius 1 is 0.472 bits per heavy atom. The van der Waals surface area contributed by atoms with Crippen LogP contribution in [0.25, 0.3) is 11.1 Å². The maximum Gasteiger partial charge on any atom is 0.252 e. The standard InChI is InChI=1S/C68H70BN3/c1-43-33-61-63-62(34-43)72(58-39-53-51(35-44(58)2)65(6,7)41-67(53,10)11)59-37-49(70(47-25-19-15-20-26-47)48-27-21-16-22-28-48)30-31-55(59)69(63)56-38-52-54(68(12,13)42-66(52,8)9)40-60(56)71(61)57-32-29-46(64(3,4)5)36-50(57)45-23-17-14-18-24-45/h14-40H,41-42H2,1-13H3/i1D3. The van der Waals surface area contributed by atoms with Crippen LogP contribution in [0.15, 0.2) is 164 Å². The molecule has 2 aliphatic carbocycles. The number of hydrogen-bond acceptors (Lipinski definition) is 3. The summed E-state index contributed by atoms with van der Waals surface area (Å²) in [5.74, 6) is 0. The topological polar surface area (TPSA) is 9.72 Å². The lowest BCUT2D eigenvalue weighted by Gasteiger charge is -2.46. The molecular formula is C68H70BN3. The number of nitrogens with zero attached hydrogens (tertiary/aromatic N) is 3. The lowest BCUT2D eigenvalue weighted by atomic mass is 9.33. The normalized spacial score (nSPS) is 18.0. The first-order valence-electron chi connectivity index (χ1n) is 27.7. The van der Waals surface area contributed by atoms with Gasteiger partial charge in [0.1, 0.15) is 0 Å². The highest BCUT2D eigenvalue weighted by molar-refractivity contribution is 7.00. The lowest BCUT2D eigenvalue weighted by molar-refractivity contribution is 0.402. The van der Waals surface area contributed by atoms with Crippen LogP contribution in [0, 0.1) is 13.8 Å². The van der Waals surface area contributed by atoms with Crippen LogP contribution in [0.3, 0.4) is 0 Å². The molecule has 2 heterocycles. The molecule has 12 rings (SSSR count). The molecule has 4 heteroatoms. The monoisotopic (exact) mass is 943 g/mol. The molecule has 0 spiro atoms.